The second-order valence-electron chi connectivity index (χ2n) is 7.19. The predicted molar refractivity (Wildman–Crippen MR) is 88.5 cm³/mol. The van der Waals surface area contributed by atoms with Gasteiger partial charge in [-0.1, -0.05) is 13.8 Å². The number of carboxylic acid groups (broad SMARTS) is 1. The lowest BCUT2D eigenvalue weighted by Crippen LogP contribution is -2.38. The number of aliphatic carboxylic acids is 1. The zero-order valence-electron chi connectivity index (χ0n) is 13.7. The largest absolute Gasteiger partial charge is 0.481 e. The fourth-order valence-electron chi connectivity index (χ4n) is 3.56. The normalized spacial score (nSPS) is 24.9. The highest BCUT2D eigenvalue weighted by Crippen LogP contribution is 2.48. The van der Waals surface area contributed by atoms with Gasteiger partial charge in [0, 0.05) is 19.5 Å². The molecule has 0 bridgehead atoms. The number of hydrogen-bond acceptors (Lipinski definition) is 4. The average molecular weight is 336 g/mol. The lowest BCUT2D eigenvalue weighted by molar-refractivity contribution is -0.139. The van der Waals surface area contributed by atoms with E-state index >= 15 is 0 Å². The number of carbonyl (C=O) groups excluding carboxylic acids is 1. The fraction of sp³-hybridized carbons (Fsp3) is 0.706. The van der Waals surface area contributed by atoms with Crippen LogP contribution in [0.4, 0.5) is 0 Å². The number of carbonyl (C=O) groups is 2. The summed E-state index contributed by atoms with van der Waals surface area (Å²) in [6.07, 6.45) is 5.30. The van der Waals surface area contributed by atoms with Crippen molar-refractivity contribution in [2.24, 2.45) is 23.7 Å². The number of piperidine rings is 1. The van der Waals surface area contributed by atoms with Crippen molar-refractivity contribution < 1.29 is 14.7 Å². The van der Waals surface area contributed by atoms with Crippen LogP contribution < -0.4 is 0 Å². The van der Waals surface area contributed by atoms with Crippen LogP contribution in [0, 0.1) is 23.7 Å². The van der Waals surface area contributed by atoms with E-state index in [9.17, 15) is 9.59 Å². The van der Waals surface area contributed by atoms with Crippen LogP contribution in [-0.4, -0.2) is 40.0 Å². The molecule has 1 aliphatic carbocycles. The smallest absolute Gasteiger partial charge is 0.306 e. The van der Waals surface area contributed by atoms with Gasteiger partial charge in [-0.3, -0.25) is 9.59 Å². The summed E-state index contributed by atoms with van der Waals surface area (Å²) in [5, 5.41) is 10.1. The number of aromatic nitrogens is 1. The molecule has 2 fully saturated rings. The molecule has 0 spiro atoms. The maximum absolute atomic E-state index is 12.6. The third-order valence-corrected chi connectivity index (χ3v) is 5.94. The molecule has 5 nitrogen and oxygen atoms in total. The van der Waals surface area contributed by atoms with Gasteiger partial charge in [0.05, 0.1) is 17.1 Å². The topological polar surface area (TPSA) is 70.5 Å². The van der Waals surface area contributed by atoms with Crippen molar-refractivity contribution in [1.82, 2.24) is 9.88 Å². The minimum absolute atomic E-state index is 0.0848. The third kappa shape index (κ3) is 3.74. The zero-order valence-corrected chi connectivity index (χ0v) is 14.5. The lowest BCUT2D eigenvalue weighted by atomic mass is 9.91. The van der Waals surface area contributed by atoms with Crippen LogP contribution in [0.5, 0.6) is 0 Å². The molecule has 0 radical (unpaired) electrons. The first kappa shape index (κ1) is 16.4. The predicted octanol–water partition coefficient (Wildman–Crippen LogP) is 2.91. The Balaban J connectivity index is 1.52. The van der Waals surface area contributed by atoms with E-state index in [1.165, 1.54) is 11.3 Å². The van der Waals surface area contributed by atoms with Crippen molar-refractivity contribution in [3.8, 4) is 0 Å². The van der Waals surface area contributed by atoms with Gasteiger partial charge < -0.3 is 10.0 Å². The molecule has 1 saturated heterocycles. The SMILES string of the molecule is CC(C)Cc1ncc(C(=O)N2CCC([C@@H]3C[C@H]3C(=O)O)CC2)s1. The van der Waals surface area contributed by atoms with Gasteiger partial charge in [0.2, 0.25) is 0 Å². The Morgan fingerprint density at radius 1 is 1.39 bits per heavy atom. The van der Waals surface area contributed by atoms with Crippen molar-refractivity contribution in [1.29, 1.82) is 0 Å². The molecule has 1 aromatic heterocycles. The van der Waals surface area contributed by atoms with Crippen LogP contribution in [0.25, 0.3) is 0 Å². The standard InChI is InChI=1S/C17H24N2O3S/c1-10(2)7-15-18-9-14(23-15)16(20)19-5-3-11(4-6-19)12-8-13(12)17(21)22/h9-13H,3-8H2,1-2H3,(H,21,22)/t12-,13+/m0/s1. The molecule has 0 unspecified atom stereocenters. The Morgan fingerprint density at radius 2 is 2.09 bits per heavy atom. The first-order chi connectivity index (χ1) is 11.0. The third-order valence-electron chi connectivity index (χ3n) is 4.94. The maximum atomic E-state index is 12.6. The molecule has 2 aliphatic rings. The number of carboxylic acids is 1. The lowest BCUT2D eigenvalue weighted by Gasteiger charge is -2.31. The van der Waals surface area contributed by atoms with Crippen LogP contribution in [0.15, 0.2) is 6.20 Å². The van der Waals surface area contributed by atoms with E-state index in [0.29, 0.717) is 17.8 Å². The Hall–Kier alpha value is -1.43. The van der Waals surface area contributed by atoms with Gasteiger partial charge in [0.1, 0.15) is 4.88 Å². The summed E-state index contributed by atoms with van der Waals surface area (Å²) < 4.78 is 0. The molecule has 0 aromatic carbocycles. The number of hydrogen-bond donors (Lipinski definition) is 1. The van der Waals surface area contributed by atoms with E-state index in [1.807, 2.05) is 4.90 Å². The average Bonchev–Trinajstić information content (AvgIpc) is 3.20. The Kier molecular flexibility index (Phi) is 4.71. The summed E-state index contributed by atoms with van der Waals surface area (Å²) in [6.45, 7) is 5.78. The summed E-state index contributed by atoms with van der Waals surface area (Å²) in [5.41, 5.74) is 0. The van der Waals surface area contributed by atoms with E-state index in [1.54, 1.807) is 6.20 Å². The van der Waals surface area contributed by atoms with Crippen molar-refractivity contribution in [3.63, 3.8) is 0 Å². The molecule has 126 valence electrons. The number of rotatable bonds is 5. The van der Waals surface area contributed by atoms with Gasteiger partial charge in [-0.25, -0.2) is 4.98 Å². The van der Waals surface area contributed by atoms with Gasteiger partial charge >= 0.3 is 5.97 Å². The summed E-state index contributed by atoms with van der Waals surface area (Å²) in [5.74, 6) is 0.643. The van der Waals surface area contributed by atoms with Crippen LogP contribution in [0.1, 0.15) is 47.8 Å². The molecular weight excluding hydrogens is 312 g/mol. The highest BCUT2D eigenvalue weighted by Gasteiger charge is 2.48. The van der Waals surface area contributed by atoms with Gasteiger partial charge in [0.15, 0.2) is 0 Å². The molecule has 3 rings (SSSR count). The Morgan fingerprint density at radius 3 is 2.65 bits per heavy atom. The van der Waals surface area contributed by atoms with Crippen LogP contribution >= 0.6 is 11.3 Å². The van der Waals surface area contributed by atoms with Gasteiger partial charge in [-0.2, -0.15) is 0 Å². The highest BCUT2D eigenvalue weighted by atomic mass is 32.1. The summed E-state index contributed by atoms with van der Waals surface area (Å²) in [7, 11) is 0. The second kappa shape index (κ2) is 6.59. The molecule has 6 heteroatoms. The van der Waals surface area contributed by atoms with Crippen molar-refractivity contribution in [3.05, 3.63) is 16.1 Å². The van der Waals surface area contributed by atoms with Gasteiger partial charge in [0.25, 0.3) is 5.91 Å². The number of amides is 1. The monoisotopic (exact) mass is 336 g/mol. The molecule has 1 amide bonds. The van der Waals surface area contributed by atoms with E-state index in [0.717, 1.165) is 48.7 Å². The molecule has 23 heavy (non-hydrogen) atoms. The summed E-state index contributed by atoms with van der Waals surface area (Å²) in [6, 6.07) is 0. The van der Waals surface area contributed by atoms with Crippen molar-refractivity contribution in [2.45, 2.75) is 39.5 Å². The molecule has 1 N–H and O–H groups in total. The molecule has 2 atom stereocenters. The van der Waals surface area contributed by atoms with Crippen LogP contribution in [0.2, 0.25) is 0 Å². The van der Waals surface area contributed by atoms with E-state index in [4.69, 9.17) is 5.11 Å². The quantitative estimate of drug-likeness (QED) is 0.897. The van der Waals surface area contributed by atoms with Crippen molar-refractivity contribution >= 4 is 23.2 Å². The molecule has 1 aromatic rings. The number of nitrogens with zero attached hydrogens (tertiary/aromatic N) is 2. The minimum Gasteiger partial charge on any atom is -0.481 e. The summed E-state index contributed by atoms with van der Waals surface area (Å²) in [4.78, 5) is 30.5. The first-order valence-electron chi connectivity index (χ1n) is 8.42. The molecule has 1 aliphatic heterocycles. The molecule has 1 saturated carbocycles. The fourth-order valence-corrected chi connectivity index (χ4v) is 4.66. The van der Waals surface area contributed by atoms with Gasteiger partial charge in [-0.15, -0.1) is 11.3 Å². The minimum atomic E-state index is -0.657. The highest BCUT2D eigenvalue weighted by molar-refractivity contribution is 7.13. The van der Waals surface area contributed by atoms with E-state index in [2.05, 4.69) is 18.8 Å². The maximum Gasteiger partial charge on any atom is 0.306 e. The van der Waals surface area contributed by atoms with E-state index < -0.39 is 5.97 Å². The van der Waals surface area contributed by atoms with Crippen LogP contribution in [-0.2, 0) is 11.2 Å². The molecule has 2 heterocycles. The van der Waals surface area contributed by atoms with Crippen LogP contribution in [0.3, 0.4) is 0 Å². The molecular formula is C17H24N2O3S. The van der Waals surface area contributed by atoms with Crippen molar-refractivity contribution in [2.75, 3.05) is 13.1 Å². The summed E-state index contributed by atoms with van der Waals surface area (Å²) >= 11 is 1.51. The second-order valence-corrected chi connectivity index (χ2v) is 8.31. The zero-order chi connectivity index (χ0) is 16.6. The van der Waals surface area contributed by atoms with Gasteiger partial charge in [-0.05, 0) is 37.0 Å². The van der Waals surface area contributed by atoms with E-state index in [-0.39, 0.29) is 11.8 Å². The number of likely N-dealkylation sites (tertiary alicyclic amines) is 1. The number of thiazole rings is 1. The first-order valence-corrected chi connectivity index (χ1v) is 9.24. The Labute approximate surface area is 140 Å². The Bertz CT molecular complexity index is 590.